The topological polar surface area (TPSA) is 103 Å². The van der Waals surface area contributed by atoms with E-state index in [1.54, 1.807) is 13.0 Å². The van der Waals surface area contributed by atoms with Gasteiger partial charge in [-0.25, -0.2) is 4.68 Å². The number of nitrogens with two attached hydrogens (primary N) is 1. The van der Waals surface area contributed by atoms with Gasteiger partial charge in [-0.15, -0.1) is 10.2 Å². The number of hydrogen-bond donors (Lipinski definition) is 1. The standard InChI is InChI=1S/C23H28N6O2/c1-17-25-26-22(31-17)20-16-21(27-29(23(20)30)15-5-3-2-4-12-24)18-8-10-19(11-9-18)28-13-6-7-14-28/h6,8-11,13,16H,2-5,7,12,14-15,24H2,1H3. The predicted molar refractivity (Wildman–Crippen MR) is 121 cm³/mol. The highest BCUT2D eigenvalue weighted by Crippen LogP contribution is 2.25. The highest BCUT2D eigenvalue weighted by atomic mass is 16.4. The first kappa shape index (κ1) is 21.0. The zero-order valence-corrected chi connectivity index (χ0v) is 17.8. The summed E-state index contributed by atoms with van der Waals surface area (Å²) in [5.74, 6) is 0.644. The van der Waals surface area contributed by atoms with E-state index in [9.17, 15) is 4.79 Å². The number of benzene rings is 1. The van der Waals surface area contributed by atoms with Crippen molar-refractivity contribution in [3.8, 4) is 22.7 Å². The summed E-state index contributed by atoms with van der Waals surface area (Å²) in [6.07, 6.45) is 9.24. The summed E-state index contributed by atoms with van der Waals surface area (Å²) >= 11 is 0. The molecular weight excluding hydrogens is 392 g/mol. The fraction of sp³-hybridized carbons (Fsp3) is 0.391. The normalized spacial score (nSPS) is 13.3. The largest absolute Gasteiger partial charge is 0.421 e. The fourth-order valence-corrected chi connectivity index (χ4v) is 3.68. The van der Waals surface area contributed by atoms with Gasteiger partial charge in [0.25, 0.3) is 11.4 Å². The molecule has 4 rings (SSSR count). The Labute approximate surface area is 181 Å². The maximum Gasteiger partial charge on any atom is 0.279 e. The third-order valence-corrected chi connectivity index (χ3v) is 5.37. The number of aromatic nitrogens is 4. The van der Waals surface area contributed by atoms with Crippen molar-refractivity contribution in [1.82, 2.24) is 20.0 Å². The minimum atomic E-state index is -0.218. The van der Waals surface area contributed by atoms with Crippen molar-refractivity contribution in [2.24, 2.45) is 5.73 Å². The minimum absolute atomic E-state index is 0.218. The highest BCUT2D eigenvalue weighted by Gasteiger charge is 2.17. The maximum atomic E-state index is 13.0. The Balaban J connectivity index is 1.65. The Morgan fingerprint density at radius 2 is 1.90 bits per heavy atom. The summed E-state index contributed by atoms with van der Waals surface area (Å²) in [7, 11) is 0. The predicted octanol–water partition coefficient (Wildman–Crippen LogP) is 3.51. The van der Waals surface area contributed by atoms with Crippen LogP contribution in [-0.2, 0) is 6.54 Å². The number of rotatable bonds is 9. The highest BCUT2D eigenvalue weighted by molar-refractivity contribution is 5.67. The van der Waals surface area contributed by atoms with E-state index in [1.165, 1.54) is 4.68 Å². The fourth-order valence-electron chi connectivity index (χ4n) is 3.68. The average molecular weight is 421 g/mol. The number of hydrogen-bond acceptors (Lipinski definition) is 7. The molecule has 0 radical (unpaired) electrons. The first-order chi connectivity index (χ1) is 15.2. The lowest BCUT2D eigenvalue weighted by molar-refractivity contribution is 0.510. The SMILES string of the molecule is Cc1nnc(-c2cc(-c3ccc(N4C=CCC4)cc3)nn(CCCCCCN)c2=O)o1. The zero-order chi connectivity index (χ0) is 21.6. The summed E-state index contributed by atoms with van der Waals surface area (Å²) in [6, 6.07) is 9.95. The van der Waals surface area contributed by atoms with Crippen LogP contribution in [0.5, 0.6) is 0 Å². The molecule has 3 aromatic rings. The van der Waals surface area contributed by atoms with Gasteiger partial charge in [-0.2, -0.15) is 5.10 Å². The number of unbranched alkanes of at least 4 members (excludes halogenated alkanes) is 3. The molecule has 1 aliphatic rings. The van der Waals surface area contributed by atoms with Crippen molar-refractivity contribution >= 4 is 5.69 Å². The molecule has 0 saturated carbocycles. The van der Waals surface area contributed by atoms with Crippen molar-refractivity contribution < 1.29 is 4.42 Å². The summed E-state index contributed by atoms with van der Waals surface area (Å²) in [4.78, 5) is 15.3. The quantitative estimate of drug-likeness (QED) is 0.528. The molecule has 1 aliphatic heterocycles. The third-order valence-electron chi connectivity index (χ3n) is 5.37. The van der Waals surface area contributed by atoms with Crippen molar-refractivity contribution in [2.45, 2.75) is 45.6 Å². The van der Waals surface area contributed by atoms with E-state index in [2.05, 4.69) is 44.6 Å². The van der Waals surface area contributed by atoms with E-state index in [1.807, 2.05) is 12.1 Å². The van der Waals surface area contributed by atoms with Crippen molar-refractivity contribution in [2.75, 3.05) is 18.0 Å². The van der Waals surface area contributed by atoms with Gasteiger partial charge in [-0.3, -0.25) is 4.79 Å². The monoisotopic (exact) mass is 420 g/mol. The van der Waals surface area contributed by atoms with Crippen LogP contribution in [0.3, 0.4) is 0 Å². The van der Waals surface area contributed by atoms with Gasteiger partial charge in [-0.05, 0) is 44.0 Å². The summed E-state index contributed by atoms with van der Waals surface area (Å²) < 4.78 is 7.07. The lowest BCUT2D eigenvalue weighted by atomic mass is 10.1. The van der Waals surface area contributed by atoms with Crippen molar-refractivity contribution in [3.63, 3.8) is 0 Å². The van der Waals surface area contributed by atoms with Gasteiger partial charge in [0.1, 0.15) is 5.56 Å². The van der Waals surface area contributed by atoms with Crippen LogP contribution in [0.25, 0.3) is 22.7 Å². The van der Waals surface area contributed by atoms with Gasteiger partial charge in [0, 0.05) is 37.5 Å². The first-order valence-electron chi connectivity index (χ1n) is 10.8. The maximum absolute atomic E-state index is 13.0. The minimum Gasteiger partial charge on any atom is -0.421 e. The van der Waals surface area contributed by atoms with E-state index >= 15 is 0 Å². The average Bonchev–Trinajstić information content (AvgIpc) is 3.47. The lowest BCUT2D eigenvalue weighted by Crippen LogP contribution is -2.25. The lowest BCUT2D eigenvalue weighted by Gasteiger charge is -2.16. The van der Waals surface area contributed by atoms with Gasteiger partial charge >= 0.3 is 0 Å². The Morgan fingerprint density at radius 3 is 2.58 bits per heavy atom. The Morgan fingerprint density at radius 1 is 1.10 bits per heavy atom. The second-order valence-corrected chi connectivity index (χ2v) is 7.71. The Hall–Kier alpha value is -3.26. The van der Waals surface area contributed by atoms with Crippen LogP contribution in [0.4, 0.5) is 5.69 Å². The van der Waals surface area contributed by atoms with Crippen molar-refractivity contribution in [1.29, 1.82) is 0 Å². The number of anilines is 1. The van der Waals surface area contributed by atoms with Crippen molar-refractivity contribution in [3.05, 3.63) is 58.9 Å². The Bertz CT molecular complexity index is 1100. The van der Waals surface area contributed by atoms with Crippen LogP contribution in [0.15, 0.2) is 51.8 Å². The molecule has 0 bridgehead atoms. The van der Waals surface area contributed by atoms with Crippen LogP contribution in [0, 0.1) is 6.92 Å². The Kier molecular flexibility index (Phi) is 6.57. The molecule has 0 aliphatic carbocycles. The molecule has 3 heterocycles. The van der Waals surface area contributed by atoms with Crippen LogP contribution < -0.4 is 16.2 Å². The molecule has 0 amide bonds. The van der Waals surface area contributed by atoms with E-state index in [-0.39, 0.29) is 11.4 Å². The van der Waals surface area contributed by atoms with E-state index < -0.39 is 0 Å². The molecule has 162 valence electrons. The van der Waals surface area contributed by atoms with E-state index in [0.29, 0.717) is 30.2 Å². The van der Waals surface area contributed by atoms with Gasteiger partial charge in [0.2, 0.25) is 5.89 Å². The van der Waals surface area contributed by atoms with Gasteiger partial charge < -0.3 is 15.1 Å². The molecular formula is C23H28N6O2. The molecule has 2 aromatic heterocycles. The molecule has 8 heteroatoms. The van der Waals surface area contributed by atoms with Gasteiger partial charge in [0.15, 0.2) is 0 Å². The summed E-state index contributed by atoms with van der Waals surface area (Å²) in [6.45, 7) is 3.93. The second kappa shape index (κ2) is 9.70. The number of aryl methyl sites for hydroxylation is 2. The van der Waals surface area contributed by atoms with Crippen LogP contribution in [-0.4, -0.2) is 33.1 Å². The molecule has 0 saturated heterocycles. The zero-order valence-electron chi connectivity index (χ0n) is 17.8. The summed E-state index contributed by atoms with van der Waals surface area (Å²) in [5.41, 5.74) is 8.50. The molecule has 2 N–H and O–H groups in total. The smallest absolute Gasteiger partial charge is 0.279 e. The molecule has 0 fully saturated rings. The van der Waals surface area contributed by atoms with Gasteiger partial charge in [0.05, 0.1) is 5.69 Å². The second-order valence-electron chi connectivity index (χ2n) is 7.71. The molecule has 31 heavy (non-hydrogen) atoms. The van der Waals surface area contributed by atoms with Gasteiger partial charge in [-0.1, -0.05) is 31.1 Å². The molecule has 8 nitrogen and oxygen atoms in total. The first-order valence-corrected chi connectivity index (χ1v) is 10.8. The summed E-state index contributed by atoms with van der Waals surface area (Å²) in [5, 5.41) is 12.6. The number of nitrogens with zero attached hydrogens (tertiary/aromatic N) is 5. The van der Waals surface area contributed by atoms with E-state index in [0.717, 1.165) is 49.9 Å². The van der Waals surface area contributed by atoms with Crippen LogP contribution in [0.2, 0.25) is 0 Å². The van der Waals surface area contributed by atoms with E-state index in [4.69, 9.17) is 10.2 Å². The molecule has 1 aromatic carbocycles. The van der Waals surface area contributed by atoms with Crippen LogP contribution in [0.1, 0.15) is 38.0 Å². The molecule has 0 unspecified atom stereocenters. The molecule has 0 spiro atoms. The third kappa shape index (κ3) is 4.91. The molecule has 0 atom stereocenters. The van der Waals surface area contributed by atoms with Crippen LogP contribution >= 0.6 is 0 Å².